The lowest BCUT2D eigenvalue weighted by atomic mass is 10.1. The summed E-state index contributed by atoms with van der Waals surface area (Å²) in [5, 5.41) is 13.8. The lowest BCUT2D eigenvalue weighted by molar-refractivity contribution is -0.384. The molecule has 0 radical (unpaired) electrons. The molecule has 0 aliphatic rings. The third-order valence-corrected chi connectivity index (χ3v) is 3.78. The molecule has 0 saturated carbocycles. The molecule has 1 heterocycles. The van der Waals surface area contributed by atoms with Gasteiger partial charge < -0.3 is 14.6 Å². The van der Waals surface area contributed by atoms with E-state index in [1.807, 2.05) is 13.8 Å². The number of halogens is 1. The van der Waals surface area contributed by atoms with Crippen LogP contribution in [0.1, 0.15) is 24.2 Å². The van der Waals surface area contributed by atoms with E-state index in [-0.39, 0.29) is 29.2 Å². The zero-order chi connectivity index (χ0) is 17.7. The maximum Gasteiger partial charge on any atom is 0.349 e. The van der Waals surface area contributed by atoms with Crippen molar-refractivity contribution in [1.82, 2.24) is 10.2 Å². The zero-order valence-electron chi connectivity index (χ0n) is 14.0. The monoisotopic (exact) mass is 369 g/mol. The fourth-order valence-corrected chi connectivity index (χ4v) is 2.35. The topological polar surface area (TPSA) is 106 Å². The molecule has 2 rings (SSSR count). The molecule has 136 valence electrons. The number of amides is 1. The predicted octanol–water partition coefficient (Wildman–Crippen LogP) is 2.19. The van der Waals surface area contributed by atoms with Crippen molar-refractivity contribution in [2.24, 2.45) is 0 Å². The Morgan fingerprint density at radius 2 is 1.96 bits per heavy atom. The van der Waals surface area contributed by atoms with Gasteiger partial charge in [-0.1, -0.05) is 13.8 Å². The first-order valence-corrected chi connectivity index (χ1v) is 7.69. The van der Waals surface area contributed by atoms with Crippen molar-refractivity contribution in [2.75, 3.05) is 26.2 Å². The van der Waals surface area contributed by atoms with Gasteiger partial charge in [-0.2, -0.15) is 0 Å². The van der Waals surface area contributed by atoms with Gasteiger partial charge in [0, 0.05) is 30.6 Å². The summed E-state index contributed by atoms with van der Waals surface area (Å²) in [6.45, 7) is 6.85. The van der Waals surface area contributed by atoms with Crippen molar-refractivity contribution in [2.45, 2.75) is 13.8 Å². The summed E-state index contributed by atoms with van der Waals surface area (Å²) in [5.74, 6) is -0.552. The number of hydrogen-bond donors (Lipinski definition) is 1. The highest BCUT2D eigenvalue weighted by Crippen LogP contribution is 2.20. The third-order valence-electron chi connectivity index (χ3n) is 3.78. The van der Waals surface area contributed by atoms with Gasteiger partial charge in [-0.25, -0.2) is 4.79 Å². The van der Waals surface area contributed by atoms with Crippen molar-refractivity contribution < 1.29 is 14.1 Å². The van der Waals surface area contributed by atoms with Crippen molar-refractivity contribution >= 4 is 35.0 Å². The number of benzene rings is 1. The van der Waals surface area contributed by atoms with Crippen LogP contribution in [-0.2, 0) is 0 Å². The summed E-state index contributed by atoms with van der Waals surface area (Å²) in [6.07, 6.45) is 0. The van der Waals surface area contributed by atoms with Gasteiger partial charge in [0.25, 0.3) is 11.6 Å². The predicted molar refractivity (Wildman–Crippen MR) is 96.5 cm³/mol. The number of likely N-dealkylation sites (N-methyl/N-ethyl adjacent to an activating group) is 1. The van der Waals surface area contributed by atoms with Crippen LogP contribution in [0.25, 0.3) is 11.0 Å². The molecule has 1 amide bonds. The van der Waals surface area contributed by atoms with Crippen LogP contribution < -0.4 is 10.9 Å². The average molecular weight is 370 g/mol. The molecule has 0 atom stereocenters. The Labute approximate surface area is 150 Å². The van der Waals surface area contributed by atoms with E-state index in [1.165, 1.54) is 24.3 Å². The standard InChI is InChI=1S/C16H19N3O5.ClH/c1-3-18(4-2)8-7-17-15(20)13-10-11-9-12(19(22)23)5-6-14(11)24-16(13)21;/h5-6,9-10H,3-4,7-8H2,1-2H3,(H,17,20);1H. The van der Waals surface area contributed by atoms with Crippen LogP contribution in [0, 0.1) is 10.1 Å². The summed E-state index contributed by atoms with van der Waals surface area (Å²) >= 11 is 0. The van der Waals surface area contributed by atoms with E-state index < -0.39 is 16.5 Å². The minimum Gasteiger partial charge on any atom is -0.422 e. The molecular weight excluding hydrogens is 350 g/mol. The minimum atomic E-state index is -0.767. The Balaban J connectivity index is 0.00000312. The summed E-state index contributed by atoms with van der Waals surface area (Å²) in [4.78, 5) is 36.5. The quantitative estimate of drug-likeness (QED) is 0.455. The number of hydrogen-bond acceptors (Lipinski definition) is 6. The second-order valence-corrected chi connectivity index (χ2v) is 5.21. The molecule has 1 N–H and O–H groups in total. The van der Waals surface area contributed by atoms with Crippen LogP contribution in [0.15, 0.2) is 33.5 Å². The SMILES string of the molecule is CCN(CC)CCNC(=O)c1cc2cc([N+](=O)[O-])ccc2oc1=O.Cl. The number of rotatable bonds is 7. The fourth-order valence-electron chi connectivity index (χ4n) is 2.35. The Morgan fingerprint density at radius 1 is 1.28 bits per heavy atom. The Morgan fingerprint density at radius 3 is 2.56 bits per heavy atom. The highest BCUT2D eigenvalue weighted by atomic mass is 35.5. The van der Waals surface area contributed by atoms with Gasteiger partial charge in [0.1, 0.15) is 11.1 Å². The zero-order valence-corrected chi connectivity index (χ0v) is 14.8. The fraction of sp³-hybridized carbons (Fsp3) is 0.375. The summed E-state index contributed by atoms with van der Waals surface area (Å²) in [5.41, 5.74) is -0.867. The van der Waals surface area contributed by atoms with E-state index in [0.29, 0.717) is 18.5 Å². The van der Waals surface area contributed by atoms with Crippen LogP contribution in [0.5, 0.6) is 0 Å². The summed E-state index contributed by atoms with van der Waals surface area (Å²) in [7, 11) is 0. The Kier molecular flexibility index (Phi) is 7.53. The third kappa shape index (κ3) is 5.01. The maximum atomic E-state index is 12.2. The molecule has 0 aliphatic carbocycles. The minimum absolute atomic E-state index is 0. The average Bonchev–Trinajstić information content (AvgIpc) is 2.57. The second kappa shape index (κ2) is 9.14. The molecule has 0 saturated heterocycles. The van der Waals surface area contributed by atoms with E-state index in [1.54, 1.807) is 0 Å². The lowest BCUT2D eigenvalue weighted by Gasteiger charge is -2.17. The van der Waals surface area contributed by atoms with Crippen LogP contribution in [0.2, 0.25) is 0 Å². The molecule has 0 bridgehead atoms. The first-order chi connectivity index (χ1) is 11.5. The molecule has 1 aromatic carbocycles. The Bertz CT molecular complexity index is 817. The van der Waals surface area contributed by atoms with E-state index in [0.717, 1.165) is 13.1 Å². The number of non-ortho nitro benzene ring substituents is 1. The van der Waals surface area contributed by atoms with Crippen LogP contribution >= 0.6 is 12.4 Å². The van der Waals surface area contributed by atoms with Gasteiger partial charge in [0.15, 0.2) is 0 Å². The highest BCUT2D eigenvalue weighted by Gasteiger charge is 2.15. The number of carbonyl (C=O) groups is 1. The van der Waals surface area contributed by atoms with Gasteiger partial charge in [0.2, 0.25) is 0 Å². The first-order valence-electron chi connectivity index (χ1n) is 7.69. The van der Waals surface area contributed by atoms with Crippen LogP contribution in [0.3, 0.4) is 0 Å². The van der Waals surface area contributed by atoms with Gasteiger partial charge in [-0.3, -0.25) is 14.9 Å². The molecule has 0 unspecified atom stereocenters. The summed E-state index contributed by atoms with van der Waals surface area (Å²) < 4.78 is 5.07. The molecule has 1 aromatic heterocycles. The second-order valence-electron chi connectivity index (χ2n) is 5.21. The van der Waals surface area contributed by atoms with Gasteiger partial charge in [-0.05, 0) is 25.2 Å². The summed E-state index contributed by atoms with van der Waals surface area (Å²) in [6, 6.07) is 5.18. The van der Waals surface area contributed by atoms with E-state index in [9.17, 15) is 19.7 Å². The smallest absolute Gasteiger partial charge is 0.349 e. The number of nitrogens with one attached hydrogen (secondary N) is 1. The van der Waals surface area contributed by atoms with Crippen molar-refractivity contribution in [3.8, 4) is 0 Å². The maximum absolute atomic E-state index is 12.2. The van der Waals surface area contributed by atoms with Crippen LogP contribution in [0.4, 0.5) is 5.69 Å². The number of fused-ring (bicyclic) bond motifs is 1. The number of nitro groups is 1. The van der Waals surface area contributed by atoms with E-state index in [4.69, 9.17) is 4.42 Å². The molecule has 8 nitrogen and oxygen atoms in total. The molecule has 25 heavy (non-hydrogen) atoms. The number of nitrogens with zero attached hydrogens (tertiary/aromatic N) is 2. The molecular formula is C16H20ClN3O5. The molecule has 0 spiro atoms. The van der Waals surface area contributed by atoms with Crippen molar-refractivity contribution in [3.05, 3.63) is 50.4 Å². The normalized spacial score (nSPS) is 10.5. The largest absolute Gasteiger partial charge is 0.422 e. The number of nitro benzene ring substituents is 1. The van der Waals surface area contributed by atoms with Crippen molar-refractivity contribution in [1.29, 1.82) is 0 Å². The Hall–Kier alpha value is -2.45. The number of carbonyl (C=O) groups excluding carboxylic acids is 1. The molecule has 2 aromatic rings. The van der Waals surface area contributed by atoms with E-state index >= 15 is 0 Å². The molecule has 0 fully saturated rings. The lowest BCUT2D eigenvalue weighted by Crippen LogP contribution is -2.36. The first kappa shape index (κ1) is 20.6. The molecule has 9 heteroatoms. The van der Waals surface area contributed by atoms with Gasteiger partial charge >= 0.3 is 5.63 Å². The van der Waals surface area contributed by atoms with Crippen LogP contribution in [-0.4, -0.2) is 41.9 Å². The van der Waals surface area contributed by atoms with Gasteiger partial charge in [0.05, 0.1) is 4.92 Å². The van der Waals surface area contributed by atoms with E-state index in [2.05, 4.69) is 10.2 Å². The molecule has 0 aliphatic heterocycles. The van der Waals surface area contributed by atoms with Gasteiger partial charge in [-0.15, -0.1) is 12.4 Å². The van der Waals surface area contributed by atoms with Crippen molar-refractivity contribution in [3.63, 3.8) is 0 Å². The highest BCUT2D eigenvalue weighted by molar-refractivity contribution is 5.96.